The fourth-order valence-electron chi connectivity index (χ4n) is 1.03. The SMILES string of the molecule is CC(=CCN)c1cccc(Cl)c1. The van der Waals surface area contributed by atoms with Crippen LogP contribution < -0.4 is 5.73 Å². The third-order valence-electron chi connectivity index (χ3n) is 1.70. The van der Waals surface area contributed by atoms with Crippen LogP contribution in [-0.4, -0.2) is 6.54 Å². The van der Waals surface area contributed by atoms with E-state index in [4.69, 9.17) is 17.3 Å². The Balaban J connectivity index is 2.95. The first-order valence-electron chi connectivity index (χ1n) is 3.87. The molecule has 1 nitrogen and oxygen atoms in total. The highest BCUT2D eigenvalue weighted by molar-refractivity contribution is 6.30. The van der Waals surface area contributed by atoms with Gasteiger partial charge in [-0.05, 0) is 30.2 Å². The lowest BCUT2D eigenvalue weighted by Crippen LogP contribution is -1.94. The fourth-order valence-corrected chi connectivity index (χ4v) is 1.22. The molecule has 2 heteroatoms. The molecule has 0 fully saturated rings. The molecule has 0 atom stereocenters. The van der Waals surface area contributed by atoms with Crippen LogP contribution >= 0.6 is 11.6 Å². The third kappa shape index (κ3) is 2.36. The Labute approximate surface area is 77.8 Å². The summed E-state index contributed by atoms with van der Waals surface area (Å²) < 4.78 is 0. The van der Waals surface area contributed by atoms with E-state index in [9.17, 15) is 0 Å². The molecule has 0 aromatic heterocycles. The summed E-state index contributed by atoms with van der Waals surface area (Å²) in [5.74, 6) is 0. The van der Waals surface area contributed by atoms with E-state index in [1.54, 1.807) is 0 Å². The zero-order valence-corrected chi connectivity index (χ0v) is 7.81. The number of allylic oxidation sites excluding steroid dienone is 1. The molecule has 0 aliphatic heterocycles. The van der Waals surface area contributed by atoms with Crippen molar-refractivity contribution in [1.29, 1.82) is 0 Å². The van der Waals surface area contributed by atoms with Crippen molar-refractivity contribution in [2.45, 2.75) is 6.92 Å². The third-order valence-corrected chi connectivity index (χ3v) is 1.94. The summed E-state index contributed by atoms with van der Waals surface area (Å²) in [4.78, 5) is 0. The van der Waals surface area contributed by atoms with Gasteiger partial charge in [-0.25, -0.2) is 0 Å². The normalized spacial score (nSPS) is 11.8. The van der Waals surface area contributed by atoms with Crippen molar-refractivity contribution in [2.75, 3.05) is 6.54 Å². The van der Waals surface area contributed by atoms with Crippen LogP contribution in [0.1, 0.15) is 12.5 Å². The second-order valence-corrected chi connectivity index (χ2v) is 3.07. The predicted molar refractivity (Wildman–Crippen MR) is 54.2 cm³/mol. The van der Waals surface area contributed by atoms with Crippen LogP contribution in [0, 0.1) is 0 Å². The number of hydrogen-bond acceptors (Lipinski definition) is 1. The summed E-state index contributed by atoms with van der Waals surface area (Å²) in [5, 5.41) is 0.761. The number of halogens is 1. The minimum absolute atomic E-state index is 0.568. The zero-order chi connectivity index (χ0) is 8.97. The summed E-state index contributed by atoms with van der Waals surface area (Å²) in [7, 11) is 0. The average Bonchev–Trinajstić information content (AvgIpc) is 2.05. The van der Waals surface area contributed by atoms with Crippen molar-refractivity contribution in [2.24, 2.45) is 5.73 Å². The second-order valence-electron chi connectivity index (χ2n) is 2.63. The van der Waals surface area contributed by atoms with Gasteiger partial charge in [0.05, 0.1) is 0 Å². The number of hydrogen-bond donors (Lipinski definition) is 1. The maximum absolute atomic E-state index is 5.83. The Morgan fingerprint density at radius 1 is 1.58 bits per heavy atom. The molecule has 0 bridgehead atoms. The van der Waals surface area contributed by atoms with Gasteiger partial charge in [-0.1, -0.05) is 29.8 Å². The van der Waals surface area contributed by atoms with Crippen molar-refractivity contribution < 1.29 is 0 Å². The lowest BCUT2D eigenvalue weighted by Gasteiger charge is -2.00. The number of benzene rings is 1. The Morgan fingerprint density at radius 3 is 2.92 bits per heavy atom. The lowest BCUT2D eigenvalue weighted by atomic mass is 10.1. The highest BCUT2D eigenvalue weighted by Gasteiger charge is 1.94. The van der Waals surface area contributed by atoms with Gasteiger partial charge in [0, 0.05) is 11.6 Å². The van der Waals surface area contributed by atoms with Crippen molar-refractivity contribution in [3.8, 4) is 0 Å². The summed E-state index contributed by atoms with van der Waals surface area (Å²) in [6, 6.07) is 7.75. The van der Waals surface area contributed by atoms with Crippen LogP contribution in [0.15, 0.2) is 30.3 Å². The van der Waals surface area contributed by atoms with Crippen LogP contribution in [0.4, 0.5) is 0 Å². The maximum atomic E-state index is 5.83. The molecular formula is C10H12ClN. The van der Waals surface area contributed by atoms with Gasteiger partial charge in [-0.15, -0.1) is 0 Å². The quantitative estimate of drug-likeness (QED) is 0.746. The van der Waals surface area contributed by atoms with Gasteiger partial charge in [-0.2, -0.15) is 0 Å². The highest BCUT2D eigenvalue weighted by Crippen LogP contribution is 2.17. The zero-order valence-electron chi connectivity index (χ0n) is 7.05. The fraction of sp³-hybridized carbons (Fsp3) is 0.200. The van der Waals surface area contributed by atoms with E-state index < -0.39 is 0 Å². The van der Waals surface area contributed by atoms with E-state index in [2.05, 4.69) is 0 Å². The Morgan fingerprint density at radius 2 is 2.33 bits per heavy atom. The molecular weight excluding hydrogens is 170 g/mol. The molecule has 0 heterocycles. The summed E-state index contributed by atoms with van der Waals surface area (Å²) in [6.45, 7) is 2.59. The number of nitrogens with two attached hydrogens (primary N) is 1. The molecule has 0 spiro atoms. The summed E-state index contributed by atoms with van der Waals surface area (Å²) >= 11 is 5.83. The monoisotopic (exact) mass is 181 g/mol. The van der Waals surface area contributed by atoms with Gasteiger partial charge < -0.3 is 5.73 Å². The van der Waals surface area contributed by atoms with Crippen LogP contribution in [0.5, 0.6) is 0 Å². The molecule has 1 rings (SSSR count). The first-order valence-corrected chi connectivity index (χ1v) is 4.24. The molecule has 0 aliphatic rings. The van der Waals surface area contributed by atoms with Gasteiger partial charge in [0.15, 0.2) is 0 Å². The van der Waals surface area contributed by atoms with Crippen molar-refractivity contribution >= 4 is 17.2 Å². The molecule has 1 aromatic rings. The Kier molecular flexibility index (Phi) is 3.32. The van der Waals surface area contributed by atoms with Crippen LogP contribution in [0.2, 0.25) is 5.02 Å². The molecule has 0 saturated heterocycles. The van der Waals surface area contributed by atoms with Crippen molar-refractivity contribution in [1.82, 2.24) is 0 Å². The summed E-state index contributed by atoms with van der Waals surface area (Å²) in [5.41, 5.74) is 7.69. The van der Waals surface area contributed by atoms with Crippen molar-refractivity contribution in [3.63, 3.8) is 0 Å². The van der Waals surface area contributed by atoms with Crippen molar-refractivity contribution in [3.05, 3.63) is 40.9 Å². The second kappa shape index (κ2) is 4.29. The van der Waals surface area contributed by atoms with Gasteiger partial charge in [0.2, 0.25) is 0 Å². The molecule has 1 aromatic carbocycles. The van der Waals surface area contributed by atoms with Crippen LogP contribution in [0.25, 0.3) is 5.57 Å². The minimum atomic E-state index is 0.568. The summed E-state index contributed by atoms with van der Waals surface area (Å²) in [6.07, 6.45) is 1.98. The molecule has 12 heavy (non-hydrogen) atoms. The topological polar surface area (TPSA) is 26.0 Å². The molecule has 0 amide bonds. The minimum Gasteiger partial charge on any atom is -0.327 e. The van der Waals surface area contributed by atoms with E-state index in [1.165, 1.54) is 5.57 Å². The predicted octanol–water partition coefficient (Wildman–Crippen LogP) is 2.70. The average molecular weight is 182 g/mol. The van der Waals surface area contributed by atoms with Gasteiger partial charge in [0.1, 0.15) is 0 Å². The molecule has 2 N–H and O–H groups in total. The van der Waals surface area contributed by atoms with E-state index in [1.807, 2.05) is 37.3 Å². The molecule has 64 valence electrons. The largest absolute Gasteiger partial charge is 0.327 e. The smallest absolute Gasteiger partial charge is 0.0412 e. The molecule has 0 unspecified atom stereocenters. The highest BCUT2D eigenvalue weighted by atomic mass is 35.5. The van der Waals surface area contributed by atoms with E-state index in [-0.39, 0.29) is 0 Å². The lowest BCUT2D eigenvalue weighted by molar-refractivity contribution is 1.25. The Bertz CT molecular complexity index is 292. The maximum Gasteiger partial charge on any atom is 0.0412 e. The van der Waals surface area contributed by atoms with Gasteiger partial charge in [0.25, 0.3) is 0 Å². The molecule has 0 aliphatic carbocycles. The molecule has 0 radical (unpaired) electrons. The van der Waals surface area contributed by atoms with E-state index in [0.717, 1.165) is 10.6 Å². The molecule has 0 saturated carbocycles. The van der Waals surface area contributed by atoms with E-state index in [0.29, 0.717) is 6.54 Å². The Hall–Kier alpha value is -0.790. The van der Waals surface area contributed by atoms with Crippen LogP contribution in [0.3, 0.4) is 0 Å². The number of rotatable bonds is 2. The standard InChI is InChI=1S/C10H12ClN/c1-8(5-6-12)9-3-2-4-10(11)7-9/h2-5,7H,6,12H2,1H3. The van der Waals surface area contributed by atoms with E-state index >= 15 is 0 Å². The first kappa shape index (κ1) is 9.30. The van der Waals surface area contributed by atoms with Crippen LogP contribution in [-0.2, 0) is 0 Å². The van der Waals surface area contributed by atoms with Gasteiger partial charge in [-0.3, -0.25) is 0 Å². The van der Waals surface area contributed by atoms with Gasteiger partial charge >= 0.3 is 0 Å². The first-order chi connectivity index (χ1) is 5.74.